The van der Waals surface area contributed by atoms with Gasteiger partial charge in [-0.1, -0.05) is 0 Å². The zero-order chi connectivity index (χ0) is 13.7. The molecule has 5 heteroatoms. The number of rotatable bonds is 5. The molecule has 0 aliphatic rings. The summed E-state index contributed by atoms with van der Waals surface area (Å²) in [4.78, 5) is 8.36. The van der Waals surface area contributed by atoms with Crippen LogP contribution in [-0.2, 0) is 6.54 Å². The molecule has 1 aromatic heterocycles. The monoisotopic (exact) mass is 258 g/mol. The van der Waals surface area contributed by atoms with Crippen LogP contribution < -0.4 is 15.8 Å². The Balaban J connectivity index is 2.21. The van der Waals surface area contributed by atoms with Gasteiger partial charge in [-0.3, -0.25) is 0 Å². The summed E-state index contributed by atoms with van der Waals surface area (Å²) in [6.45, 7) is 4.88. The summed E-state index contributed by atoms with van der Waals surface area (Å²) < 4.78 is 5.52. The zero-order valence-corrected chi connectivity index (χ0v) is 11.2. The van der Waals surface area contributed by atoms with Crippen molar-refractivity contribution in [3.63, 3.8) is 0 Å². The normalized spacial score (nSPS) is 10.3. The molecule has 0 unspecified atom stereocenters. The van der Waals surface area contributed by atoms with Gasteiger partial charge in [0.15, 0.2) is 0 Å². The SMILES string of the molecule is CCOc1ccc(Nc2ccnc(C)n2)cc1CN. The molecule has 0 atom stereocenters. The van der Waals surface area contributed by atoms with E-state index in [1.54, 1.807) is 6.20 Å². The minimum atomic E-state index is 0.438. The Kier molecular flexibility index (Phi) is 4.30. The van der Waals surface area contributed by atoms with E-state index in [1.807, 2.05) is 38.1 Å². The van der Waals surface area contributed by atoms with Gasteiger partial charge in [-0.15, -0.1) is 0 Å². The highest BCUT2D eigenvalue weighted by Gasteiger charge is 2.04. The zero-order valence-electron chi connectivity index (χ0n) is 11.2. The number of aromatic nitrogens is 2. The van der Waals surface area contributed by atoms with E-state index >= 15 is 0 Å². The summed E-state index contributed by atoms with van der Waals surface area (Å²) >= 11 is 0. The molecule has 0 aliphatic carbocycles. The lowest BCUT2D eigenvalue weighted by Gasteiger charge is -2.12. The molecule has 0 bridgehead atoms. The minimum Gasteiger partial charge on any atom is -0.494 e. The van der Waals surface area contributed by atoms with E-state index in [1.165, 1.54) is 0 Å². The third-order valence-electron chi connectivity index (χ3n) is 2.63. The molecule has 0 spiro atoms. The number of benzene rings is 1. The first kappa shape index (κ1) is 13.3. The van der Waals surface area contributed by atoms with Crippen LogP contribution in [0.1, 0.15) is 18.3 Å². The molecule has 0 aliphatic heterocycles. The molecule has 0 amide bonds. The van der Waals surface area contributed by atoms with Gasteiger partial charge < -0.3 is 15.8 Å². The molecule has 0 radical (unpaired) electrons. The predicted molar refractivity (Wildman–Crippen MR) is 75.6 cm³/mol. The van der Waals surface area contributed by atoms with Gasteiger partial charge in [0, 0.05) is 24.0 Å². The van der Waals surface area contributed by atoms with Crippen molar-refractivity contribution in [1.29, 1.82) is 0 Å². The highest BCUT2D eigenvalue weighted by molar-refractivity contribution is 5.59. The average Bonchev–Trinajstić information content (AvgIpc) is 2.41. The first-order chi connectivity index (χ1) is 9.22. The Hall–Kier alpha value is -2.14. The summed E-state index contributed by atoms with van der Waals surface area (Å²) in [5, 5.41) is 3.23. The molecule has 1 aromatic carbocycles. The lowest BCUT2D eigenvalue weighted by molar-refractivity contribution is 0.336. The molecule has 0 fully saturated rings. The molecular weight excluding hydrogens is 240 g/mol. The number of hydrogen-bond acceptors (Lipinski definition) is 5. The molecule has 100 valence electrons. The van der Waals surface area contributed by atoms with Gasteiger partial charge in [0.25, 0.3) is 0 Å². The lowest BCUT2D eigenvalue weighted by atomic mass is 10.1. The van der Waals surface area contributed by atoms with Crippen LogP contribution in [0.3, 0.4) is 0 Å². The van der Waals surface area contributed by atoms with Gasteiger partial charge in [0.2, 0.25) is 0 Å². The fraction of sp³-hybridized carbons (Fsp3) is 0.286. The third kappa shape index (κ3) is 3.42. The minimum absolute atomic E-state index is 0.438. The van der Waals surface area contributed by atoms with Gasteiger partial charge >= 0.3 is 0 Å². The Morgan fingerprint density at radius 2 is 2.16 bits per heavy atom. The van der Waals surface area contributed by atoms with Crippen LogP contribution in [-0.4, -0.2) is 16.6 Å². The van der Waals surface area contributed by atoms with E-state index in [0.29, 0.717) is 13.2 Å². The van der Waals surface area contributed by atoms with Crippen LogP contribution in [0.25, 0.3) is 0 Å². The van der Waals surface area contributed by atoms with Crippen LogP contribution in [0.5, 0.6) is 5.75 Å². The second-order valence-electron chi connectivity index (χ2n) is 4.07. The fourth-order valence-corrected chi connectivity index (χ4v) is 1.79. The average molecular weight is 258 g/mol. The summed E-state index contributed by atoms with van der Waals surface area (Å²) in [5.41, 5.74) is 7.64. The predicted octanol–water partition coefficient (Wildman–Crippen LogP) is 2.39. The van der Waals surface area contributed by atoms with Crippen molar-refractivity contribution in [1.82, 2.24) is 9.97 Å². The molecule has 2 aromatic rings. The van der Waals surface area contributed by atoms with Crippen LogP contribution in [0, 0.1) is 6.92 Å². The lowest BCUT2D eigenvalue weighted by Crippen LogP contribution is -2.03. The van der Waals surface area contributed by atoms with Crippen molar-refractivity contribution in [2.45, 2.75) is 20.4 Å². The first-order valence-corrected chi connectivity index (χ1v) is 6.25. The molecular formula is C14H18N4O. The van der Waals surface area contributed by atoms with Gasteiger partial charge in [0.05, 0.1) is 6.61 Å². The standard InChI is InChI=1S/C14H18N4O/c1-3-19-13-5-4-12(8-11(13)9-15)18-14-6-7-16-10(2)17-14/h4-8H,3,9,15H2,1-2H3,(H,16,17,18). The van der Waals surface area contributed by atoms with Crippen molar-refractivity contribution in [3.8, 4) is 5.75 Å². The van der Waals surface area contributed by atoms with Crippen molar-refractivity contribution in [2.75, 3.05) is 11.9 Å². The number of nitrogens with zero attached hydrogens (tertiary/aromatic N) is 2. The Bertz CT molecular complexity index is 557. The quantitative estimate of drug-likeness (QED) is 0.861. The molecule has 5 nitrogen and oxygen atoms in total. The van der Waals surface area contributed by atoms with Crippen molar-refractivity contribution >= 4 is 11.5 Å². The number of anilines is 2. The van der Waals surface area contributed by atoms with E-state index in [9.17, 15) is 0 Å². The molecule has 0 saturated carbocycles. The van der Waals surface area contributed by atoms with Crippen LogP contribution in [0.4, 0.5) is 11.5 Å². The maximum atomic E-state index is 5.73. The maximum Gasteiger partial charge on any atom is 0.134 e. The summed E-state index contributed by atoms with van der Waals surface area (Å²) in [7, 11) is 0. The largest absolute Gasteiger partial charge is 0.494 e. The molecule has 2 rings (SSSR count). The van der Waals surface area contributed by atoms with E-state index in [4.69, 9.17) is 10.5 Å². The second kappa shape index (κ2) is 6.15. The van der Waals surface area contributed by atoms with Crippen LogP contribution in [0.15, 0.2) is 30.5 Å². The number of aryl methyl sites for hydroxylation is 1. The smallest absolute Gasteiger partial charge is 0.134 e. The first-order valence-electron chi connectivity index (χ1n) is 6.25. The number of nitrogens with one attached hydrogen (secondary N) is 1. The maximum absolute atomic E-state index is 5.73. The second-order valence-corrected chi connectivity index (χ2v) is 4.07. The van der Waals surface area contributed by atoms with Gasteiger partial charge in [0.1, 0.15) is 17.4 Å². The van der Waals surface area contributed by atoms with E-state index in [0.717, 1.165) is 28.6 Å². The van der Waals surface area contributed by atoms with Gasteiger partial charge in [-0.25, -0.2) is 9.97 Å². The third-order valence-corrected chi connectivity index (χ3v) is 2.63. The highest BCUT2D eigenvalue weighted by Crippen LogP contribution is 2.24. The van der Waals surface area contributed by atoms with E-state index in [2.05, 4.69) is 15.3 Å². The van der Waals surface area contributed by atoms with Crippen molar-refractivity contribution < 1.29 is 4.74 Å². The van der Waals surface area contributed by atoms with Crippen molar-refractivity contribution in [3.05, 3.63) is 41.9 Å². The van der Waals surface area contributed by atoms with E-state index < -0.39 is 0 Å². The molecule has 3 N–H and O–H groups in total. The Labute approximate surface area is 112 Å². The number of hydrogen-bond donors (Lipinski definition) is 2. The molecule has 1 heterocycles. The summed E-state index contributed by atoms with van der Waals surface area (Å²) in [6.07, 6.45) is 1.73. The Morgan fingerprint density at radius 1 is 1.32 bits per heavy atom. The number of nitrogens with two attached hydrogens (primary N) is 1. The molecule has 0 saturated heterocycles. The van der Waals surface area contributed by atoms with Gasteiger partial charge in [-0.2, -0.15) is 0 Å². The fourth-order valence-electron chi connectivity index (χ4n) is 1.79. The Morgan fingerprint density at radius 3 is 2.84 bits per heavy atom. The number of ether oxygens (including phenoxy) is 1. The van der Waals surface area contributed by atoms with Gasteiger partial charge in [-0.05, 0) is 38.1 Å². The van der Waals surface area contributed by atoms with Crippen molar-refractivity contribution in [2.24, 2.45) is 5.73 Å². The summed E-state index contributed by atoms with van der Waals surface area (Å²) in [5.74, 6) is 2.32. The highest BCUT2D eigenvalue weighted by atomic mass is 16.5. The van der Waals surface area contributed by atoms with Crippen LogP contribution in [0.2, 0.25) is 0 Å². The molecule has 19 heavy (non-hydrogen) atoms. The van der Waals surface area contributed by atoms with Crippen LogP contribution >= 0.6 is 0 Å². The van der Waals surface area contributed by atoms with E-state index in [-0.39, 0.29) is 0 Å². The summed E-state index contributed by atoms with van der Waals surface area (Å²) in [6, 6.07) is 7.66. The topological polar surface area (TPSA) is 73.1 Å².